The van der Waals surface area contributed by atoms with Crippen molar-refractivity contribution in [1.82, 2.24) is 4.98 Å². The lowest BCUT2D eigenvalue weighted by Crippen LogP contribution is -2.42. The molecular formula is C20H15Cl3F3N3O. The van der Waals surface area contributed by atoms with Gasteiger partial charge in [-0.05, 0) is 29.8 Å². The number of alkyl halides is 3. The highest BCUT2D eigenvalue weighted by molar-refractivity contribution is 6.34. The van der Waals surface area contributed by atoms with Gasteiger partial charge in [0.05, 0.1) is 11.2 Å². The molecule has 1 atom stereocenters. The average molecular weight is 477 g/mol. The van der Waals surface area contributed by atoms with Crippen molar-refractivity contribution in [2.24, 2.45) is 10.9 Å². The molecule has 4 nitrogen and oxygen atoms in total. The van der Waals surface area contributed by atoms with E-state index in [1.165, 1.54) is 24.4 Å². The van der Waals surface area contributed by atoms with Gasteiger partial charge in [-0.3, -0.25) is 4.98 Å². The molecule has 2 N–H and O–H groups in total. The summed E-state index contributed by atoms with van der Waals surface area (Å²) in [5.41, 5.74) is 4.92. The fourth-order valence-corrected chi connectivity index (χ4v) is 4.01. The molecule has 2 aromatic carbocycles. The molecule has 10 heteroatoms. The molecule has 0 saturated heterocycles. The smallest absolute Gasteiger partial charge is 0.374 e. The quantitative estimate of drug-likeness (QED) is 0.504. The summed E-state index contributed by atoms with van der Waals surface area (Å²) in [6.07, 6.45) is -3.76. The molecule has 1 aliphatic heterocycles. The highest BCUT2D eigenvalue weighted by Gasteiger charge is 2.62. The van der Waals surface area contributed by atoms with E-state index in [9.17, 15) is 13.2 Å². The molecule has 0 bridgehead atoms. The van der Waals surface area contributed by atoms with Gasteiger partial charge in [-0.1, -0.05) is 46.6 Å². The number of halogens is 6. The van der Waals surface area contributed by atoms with Gasteiger partial charge < -0.3 is 10.6 Å². The maximum absolute atomic E-state index is 14.2. The summed E-state index contributed by atoms with van der Waals surface area (Å²) >= 11 is 11.9. The van der Waals surface area contributed by atoms with Gasteiger partial charge in [0, 0.05) is 45.7 Å². The molecule has 0 amide bonds. The fourth-order valence-electron chi connectivity index (χ4n) is 3.49. The highest BCUT2D eigenvalue weighted by atomic mass is 35.5. The largest absolute Gasteiger partial charge is 0.435 e. The predicted octanol–water partition coefficient (Wildman–Crippen LogP) is 6.00. The van der Waals surface area contributed by atoms with Crippen LogP contribution in [0.15, 0.2) is 53.8 Å². The van der Waals surface area contributed by atoms with Crippen molar-refractivity contribution < 1.29 is 18.0 Å². The Hall–Kier alpha value is -2.06. The van der Waals surface area contributed by atoms with E-state index in [1.807, 2.05) is 6.07 Å². The molecule has 0 fully saturated rings. The second kappa shape index (κ2) is 8.23. The molecule has 0 radical (unpaired) electrons. The van der Waals surface area contributed by atoms with Crippen LogP contribution < -0.4 is 5.73 Å². The first-order chi connectivity index (χ1) is 13.7. The monoisotopic (exact) mass is 475 g/mol. The molecule has 158 valence electrons. The Labute approximate surface area is 186 Å². The van der Waals surface area contributed by atoms with Crippen molar-refractivity contribution in [3.8, 4) is 0 Å². The van der Waals surface area contributed by atoms with Crippen molar-refractivity contribution in [3.63, 3.8) is 0 Å². The third kappa shape index (κ3) is 3.71. The topological polar surface area (TPSA) is 60.5 Å². The van der Waals surface area contributed by atoms with Crippen molar-refractivity contribution in [2.75, 3.05) is 0 Å². The average Bonchev–Trinajstić information content (AvgIpc) is 3.13. The van der Waals surface area contributed by atoms with Gasteiger partial charge in [-0.15, -0.1) is 12.4 Å². The van der Waals surface area contributed by atoms with Gasteiger partial charge in [-0.25, -0.2) is 0 Å². The third-order valence-corrected chi connectivity index (χ3v) is 5.34. The zero-order valence-electron chi connectivity index (χ0n) is 15.2. The van der Waals surface area contributed by atoms with E-state index in [0.29, 0.717) is 16.5 Å². The minimum atomic E-state index is -4.75. The van der Waals surface area contributed by atoms with Gasteiger partial charge >= 0.3 is 6.18 Å². The number of hydrogen-bond donors (Lipinski definition) is 1. The Morgan fingerprint density at radius 2 is 1.80 bits per heavy atom. The van der Waals surface area contributed by atoms with E-state index in [1.54, 1.807) is 18.2 Å². The molecular weight excluding hydrogens is 462 g/mol. The summed E-state index contributed by atoms with van der Waals surface area (Å²) in [6.45, 7) is 0.254. The maximum atomic E-state index is 14.2. The Morgan fingerprint density at radius 1 is 1.10 bits per heavy atom. The lowest BCUT2D eigenvalue weighted by Gasteiger charge is -2.29. The Balaban J connectivity index is 0.00000256. The van der Waals surface area contributed by atoms with Crippen LogP contribution in [0.1, 0.15) is 23.1 Å². The summed E-state index contributed by atoms with van der Waals surface area (Å²) in [6, 6.07) is 10.7. The molecule has 2 heterocycles. The summed E-state index contributed by atoms with van der Waals surface area (Å²) in [5, 5.41) is 4.63. The first kappa shape index (κ1) is 22.6. The minimum absolute atomic E-state index is 0. The van der Waals surface area contributed by atoms with Crippen LogP contribution in [0.4, 0.5) is 13.2 Å². The normalized spacial score (nSPS) is 18.7. The van der Waals surface area contributed by atoms with Gasteiger partial charge in [0.2, 0.25) is 0 Å². The summed E-state index contributed by atoms with van der Waals surface area (Å²) < 4.78 is 42.5. The van der Waals surface area contributed by atoms with E-state index in [4.69, 9.17) is 33.8 Å². The molecule has 0 spiro atoms. The highest BCUT2D eigenvalue weighted by Crippen LogP contribution is 2.50. The third-order valence-electron chi connectivity index (χ3n) is 4.90. The number of nitrogens with zero attached hydrogens (tertiary/aromatic N) is 2. The van der Waals surface area contributed by atoms with Crippen LogP contribution in [0.25, 0.3) is 10.9 Å². The van der Waals surface area contributed by atoms with Crippen molar-refractivity contribution in [2.45, 2.75) is 24.7 Å². The van der Waals surface area contributed by atoms with Crippen LogP contribution in [-0.4, -0.2) is 16.9 Å². The van der Waals surface area contributed by atoms with Crippen LogP contribution in [-0.2, 0) is 17.0 Å². The molecule has 1 aromatic heterocycles. The second-order valence-corrected chi connectivity index (χ2v) is 7.54. The van der Waals surface area contributed by atoms with Crippen LogP contribution in [0.3, 0.4) is 0 Å². The molecule has 3 aromatic rings. The fraction of sp³-hybridized carbons (Fsp3) is 0.200. The lowest BCUT2D eigenvalue weighted by molar-refractivity contribution is -0.275. The number of aromatic nitrogens is 1. The Kier molecular flexibility index (Phi) is 6.20. The van der Waals surface area contributed by atoms with Crippen LogP contribution in [0.2, 0.25) is 10.0 Å². The van der Waals surface area contributed by atoms with Gasteiger partial charge in [-0.2, -0.15) is 13.2 Å². The van der Waals surface area contributed by atoms with Crippen molar-refractivity contribution >= 4 is 52.2 Å². The van der Waals surface area contributed by atoms with Gasteiger partial charge in [0.15, 0.2) is 0 Å². The summed E-state index contributed by atoms with van der Waals surface area (Å²) in [7, 11) is 0. The van der Waals surface area contributed by atoms with E-state index in [2.05, 4.69) is 10.1 Å². The van der Waals surface area contributed by atoms with E-state index in [0.717, 1.165) is 5.56 Å². The molecule has 30 heavy (non-hydrogen) atoms. The van der Waals surface area contributed by atoms with Crippen molar-refractivity contribution in [3.05, 3.63) is 75.4 Å². The number of pyridine rings is 1. The molecule has 0 aliphatic carbocycles. The number of benzene rings is 2. The predicted molar refractivity (Wildman–Crippen MR) is 113 cm³/mol. The Morgan fingerprint density at radius 3 is 2.43 bits per heavy atom. The number of oxime groups is 1. The molecule has 4 rings (SSSR count). The number of rotatable bonds is 3. The molecule has 1 unspecified atom stereocenters. The number of para-hydroxylation sites is 1. The molecule has 0 saturated carbocycles. The van der Waals surface area contributed by atoms with E-state index in [-0.39, 0.29) is 40.3 Å². The van der Waals surface area contributed by atoms with Crippen LogP contribution in [0, 0.1) is 0 Å². The first-order valence-electron chi connectivity index (χ1n) is 8.60. The maximum Gasteiger partial charge on any atom is 0.435 e. The summed E-state index contributed by atoms with van der Waals surface area (Å²) in [5.74, 6) is 0. The van der Waals surface area contributed by atoms with Gasteiger partial charge in [0.1, 0.15) is 0 Å². The van der Waals surface area contributed by atoms with E-state index < -0.39 is 18.2 Å². The zero-order chi connectivity index (χ0) is 20.8. The van der Waals surface area contributed by atoms with E-state index >= 15 is 0 Å². The van der Waals surface area contributed by atoms with Crippen molar-refractivity contribution in [1.29, 1.82) is 0 Å². The second-order valence-electron chi connectivity index (χ2n) is 6.66. The Bertz CT molecular complexity index is 1120. The number of fused-ring (bicyclic) bond motifs is 1. The minimum Gasteiger partial charge on any atom is -0.374 e. The van der Waals surface area contributed by atoms with Gasteiger partial charge in [0.25, 0.3) is 5.60 Å². The number of nitrogens with two attached hydrogens (primary N) is 1. The lowest BCUT2D eigenvalue weighted by atomic mass is 9.86. The first-order valence-corrected chi connectivity index (χ1v) is 9.36. The zero-order valence-corrected chi connectivity index (χ0v) is 17.5. The van der Waals surface area contributed by atoms with Crippen LogP contribution >= 0.6 is 35.6 Å². The number of hydrogen-bond acceptors (Lipinski definition) is 4. The summed E-state index contributed by atoms with van der Waals surface area (Å²) in [4.78, 5) is 9.39. The molecule has 1 aliphatic rings. The van der Waals surface area contributed by atoms with Crippen LogP contribution in [0.5, 0.6) is 0 Å². The standard InChI is InChI=1S/C20H14Cl2F3N3O.ClH/c21-13-6-12(7-14(22)8-13)19(20(23,24)25)9-17(28-29-19)15-4-5-27-18-11(10-26)2-1-3-16(15)18;/h1-8H,9-10,26H2;1H. The SMILES string of the molecule is Cl.NCc1cccc2c(C3=NOC(c4cc(Cl)cc(Cl)c4)(C(F)(F)F)C3)ccnc12.